The fourth-order valence-corrected chi connectivity index (χ4v) is 5.10. The van der Waals surface area contributed by atoms with Crippen molar-refractivity contribution in [3.8, 4) is 22.6 Å². The van der Waals surface area contributed by atoms with Crippen LogP contribution in [0.5, 0.6) is 11.5 Å². The van der Waals surface area contributed by atoms with Crippen LogP contribution in [0.1, 0.15) is 34.9 Å². The van der Waals surface area contributed by atoms with Crippen molar-refractivity contribution < 1.29 is 24.1 Å². The summed E-state index contributed by atoms with van der Waals surface area (Å²) in [5.74, 6) is 0.722. The Hall–Kier alpha value is -4.11. The Kier molecular flexibility index (Phi) is 6.47. The van der Waals surface area contributed by atoms with Crippen LogP contribution in [0.3, 0.4) is 0 Å². The van der Waals surface area contributed by atoms with Crippen molar-refractivity contribution in [1.29, 1.82) is 0 Å². The van der Waals surface area contributed by atoms with Gasteiger partial charge in [0.2, 0.25) is 0 Å². The zero-order valence-electron chi connectivity index (χ0n) is 21.3. The van der Waals surface area contributed by atoms with Crippen LogP contribution in [0.15, 0.2) is 47.4 Å². The Bertz CT molecular complexity index is 1550. The van der Waals surface area contributed by atoms with E-state index in [2.05, 4.69) is 5.10 Å². The number of hydrogen-bond acceptors (Lipinski definition) is 7. The third-order valence-electron chi connectivity index (χ3n) is 7.06. The summed E-state index contributed by atoms with van der Waals surface area (Å²) >= 11 is 0. The molecule has 5 rings (SSSR count). The number of carbonyl (C=O) groups is 1. The van der Waals surface area contributed by atoms with Crippen LogP contribution in [0.25, 0.3) is 22.0 Å². The van der Waals surface area contributed by atoms with Crippen LogP contribution in [0.4, 0.5) is 0 Å². The van der Waals surface area contributed by atoms with Crippen molar-refractivity contribution in [1.82, 2.24) is 14.3 Å². The molecule has 0 amide bonds. The smallest absolute Gasteiger partial charge is 0.340 e. The molecule has 1 atom stereocenters. The van der Waals surface area contributed by atoms with E-state index >= 15 is 0 Å². The third kappa shape index (κ3) is 4.15. The minimum Gasteiger partial charge on any atom is -0.497 e. The number of rotatable bonds is 6. The number of methoxy groups -OCH3 is 2. The van der Waals surface area contributed by atoms with Gasteiger partial charge in [-0.25, -0.2) is 4.79 Å². The van der Waals surface area contributed by atoms with Crippen LogP contribution >= 0.6 is 0 Å². The molecular weight excluding hydrogens is 474 g/mol. The summed E-state index contributed by atoms with van der Waals surface area (Å²) in [7, 11) is 4.36. The molecule has 0 spiro atoms. The zero-order chi connectivity index (χ0) is 26.3. The van der Waals surface area contributed by atoms with E-state index in [1.54, 1.807) is 25.0 Å². The highest BCUT2D eigenvalue weighted by Gasteiger charge is 2.30. The molecule has 192 valence electrons. The molecule has 0 aliphatic carbocycles. The number of aliphatic hydroxyl groups excluding tert-OH is 1. The summed E-state index contributed by atoms with van der Waals surface area (Å²) < 4.78 is 18.9. The Labute approximate surface area is 213 Å². The van der Waals surface area contributed by atoms with Crippen LogP contribution in [0, 0.1) is 6.92 Å². The van der Waals surface area contributed by atoms with Gasteiger partial charge < -0.3 is 23.9 Å². The Morgan fingerprint density at radius 2 is 1.95 bits per heavy atom. The van der Waals surface area contributed by atoms with Crippen LogP contribution < -0.4 is 15.0 Å². The fraction of sp³-hybridized carbons (Fsp3) is 0.321. The van der Waals surface area contributed by atoms with Gasteiger partial charge in [0.25, 0.3) is 5.56 Å². The quantitative estimate of drug-likeness (QED) is 0.403. The number of hydrogen-bond donors (Lipinski definition) is 1. The van der Waals surface area contributed by atoms with Crippen LogP contribution in [0.2, 0.25) is 0 Å². The molecule has 0 saturated carbocycles. The van der Waals surface area contributed by atoms with Gasteiger partial charge in [-0.15, -0.1) is 0 Å². The maximum Gasteiger partial charge on any atom is 0.340 e. The molecule has 3 heterocycles. The summed E-state index contributed by atoms with van der Waals surface area (Å²) in [6.07, 6.45) is 1.73. The zero-order valence-corrected chi connectivity index (χ0v) is 21.3. The van der Waals surface area contributed by atoms with Crippen molar-refractivity contribution in [3.05, 3.63) is 75.3 Å². The number of nitrogens with zero attached hydrogens (tertiary/aromatic N) is 3. The second kappa shape index (κ2) is 9.74. The molecule has 9 nitrogen and oxygen atoms in total. The van der Waals surface area contributed by atoms with Crippen molar-refractivity contribution >= 4 is 16.9 Å². The maximum atomic E-state index is 13.6. The number of fused-ring (bicyclic) bond motifs is 2. The summed E-state index contributed by atoms with van der Waals surface area (Å²) in [4.78, 5) is 26.1. The highest BCUT2D eigenvalue weighted by molar-refractivity contribution is 5.98. The minimum atomic E-state index is -1.65. The van der Waals surface area contributed by atoms with E-state index in [0.717, 1.165) is 46.6 Å². The van der Waals surface area contributed by atoms with Gasteiger partial charge in [-0.1, -0.05) is 18.2 Å². The second-order valence-electron chi connectivity index (χ2n) is 9.13. The molecule has 1 N–H and O–H groups in total. The predicted octanol–water partition coefficient (Wildman–Crippen LogP) is 3.30. The number of aromatic nitrogens is 3. The molecule has 37 heavy (non-hydrogen) atoms. The molecule has 4 aromatic rings. The Morgan fingerprint density at radius 3 is 2.65 bits per heavy atom. The monoisotopic (exact) mass is 503 g/mol. The van der Waals surface area contributed by atoms with Gasteiger partial charge in [-0.05, 0) is 60.2 Å². The largest absolute Gasteiger partial charge is 0.497 e. The number of esters is 1. The van der Waals surface area contributed by atoms with Gasteiger partial charge >= 0.3 is 5.97 Å². The Balaban J connectivity index is 1.77. The first kappa shape index (κ1) is 24.6. The molecule has 2 aromatic heterocycles. The fourth-order valence-electron chi connectivity index (χ4n) is 5.10. The second-order valence-corrected chi connectivity index (χ2v) is 9.13. The summed E-state index contributed by atoms with van der Waals surface area (Å²) in [6.45, 7) is 3.02. The third-order valence-corrected chi connectivity index (χ3v) is 7.06. The molecule has 1 aliphatic heterocycles. The first-order chi connectivity index (χ1) is 17.8. The first-order valence-electron chi connectivity index (χ1n) is 12.1. The average Bonchev–Trinajstić information content (AvgIpc) is 3.34. The van der Waals surface area contributed by atoms with E-state index in [1.807, 2.05) is 43.3 Å². The van der Waals surface area contributed by atoms with Crippen molar-refractivity contribution in [2.24, 2.45) is 7.05 Å². The van der Waals surface area contributed by atoms with Gasteiger partial charge in [0.05, 0.1) is 39.3 Å². The van der Waals surface area contributed by atoms with Gasteiger partial charge in [-0.3, -0.25) is 9.48 Å². The molecule has 1 unspecified atom stereocenters. The molecular formula is C28H29N3O6. The summed E-state index contributed by atoms with van der Waals surface area (Å²) in [5, 5.41) is 16.1. The van der Waals surface area contributed by atoms with Crippen molar-refractivity contribution in [2.45, 2.75) is 32.4 Å². The van der Waals surface area contributed by atoms with E-state index in [0.29, 0.717) is 29.6 Å². The first-order valence-corrected chi connectivity index (χ1v) is 12.1. The van der Waals surface area contributed by atoms with E-state index in [1.165, 1.54) is 11.7 Å². The molecule has 0 fully saturated rings. The number of ether oxygens (including phenoxy) is 3. The van der Waals surface area contributed by atoms with E-state index in [9.17, 15) is 14.7 Å². The average molecular weight is 504 g/mol. The molecule has 0 bridgehead atoms. The van der Waals surface area contributed by atoms with Crippen LogP contribution in [-0.2, 0) is 29.5 Å². The topological polar surface area (TPSA) is 105 Å². The molecule has 0 radical (unpaired) electrons. The van der Waals surface area contributed by atoms with Gasteiger partial charge in [0, 0.05) is 18.0 Å². The minimum absolute atomic E-state index is 0.160. The standard InChI is InChI=1S/C28H29N3O6/c1-16-19-6-5-13-37-22(19)12-11-20(16)23-21-14-29-31(15-17-7-9-18(35-3)10-8-17)24(21)27(33)30(2)25(23)26(32)28(34)36-4/h7-12,14,26,32H,5-6,13,15H2,1-4H3. The van der Waals surface area contributed by atoms with Crippen LogP contribution in [-0.4, -0.2) is 46.2 Å². The lowest BCUT2D eigenvalue weighted by Gasteiger charge is -2.24. The number of carbonyl (C=O) groups excluding carboxylic acids is 1. The molecule has 0 saturated heterocycles. The summed E-state index contributed by atoms with van der Waals surface area (Å²) in [5.41, 5.74) is 4.52. The van der Waals surface area contributed by atoms with Crippen molar-refractivity contribution in [3.63, 3.8) is 0 Å². The lowest BCUT2D eigenvalue weighted by molar-refractivity contribution is -0.151. The van der Waals surface area contributed by atoms with Crippen molar-refractivity contribution in [2.75, 3.05) is 20.8 Å². The lowest BCUT2D eigenvalue weighted by atomic mass is 9.89. The highest BCUT2D eigenvalue weighted by atomic mass is 16.5. The van der Waals surface area contributed by atoms with E-state index in [-0.39, 0.29) is 11.3 Å². The Morgan fingerprint density at radius 1 is 1.19 bits per heavy atom. The molecule has 2 aromatic carbocycles. The number of benzene rings is 2. The lowest BCUT2D eigenvalue weighted by Crippen LogP contribution is -2.28. The number of aliphatic hydroxyl groups is 1. The van der Waals surface area contributed by atoms with Gasteiger partial charge in [-0.2, -0.15) is 5.10 Å². The summed E-state index contributed by atoms with van der Waals surface area (Å²) in [6, 6.07) is 11.4. The molecule has 9 heteroatoms. The SMILES string of the molecule is COC(=O)C(O)c1c(-c2ccc3c(c2C)CCCO3)c2cnn(Cc3ccc(OC)cc3)c2c(=O)n1C. The van der Waals surface area contributed by atoms with Gasteiger partial charge in [0.15, 0.2) is 6.10 Å². The highest BCUT2D eigenvalue weighted by Crippen LogP contribution is 2.40. The normalized spacial score (nSPS) is 13.6. The van der Waals surface area contributed by atoms with E-state index < -0.39 is 12.1 Å². The molecule has 1 aliphatic rings. The predicted molar refractivity (Wildman–Crippen MR) is 138 cm³/mol. The van der Waals surface area contributed by atoms with E-state index in [4.69, 9.17) is 14.2 Å². The number of pyridine rings is 1. The van der Waals surface area contributed by atoms with Gasteiger partial charge in [0.1, 0.15) is 17.0 Å². The maximum absolute atomic E-state index is 13.6.